The molecular weight excluding hydrogens is 765 g/mol. The molecule has 3 unspecified atom stereocenters. The van der Waals surface area contributed by atoms with Crippen LogP contribution in [0.5, 0.6) is 23.0 Å². The lowest BCUT2D eigenvalue weighted by Gasteiger charge is -2.27. The van der Waals surface area contributed by atoms with Gasteiger partial charge < -0.3 is 52.5 Å². The summed E-state index contributed by atoms with van der Waals surface area (Å²) in [5, 5.41) is 10.0. The smallest absolute Gasteiger partial charge is 0.197 e. The molecule has 3 atom stereocenters. The first-order valence-corrected chi connectivity index (χ1v) is 21.2. The zero-order valence-corrected chi connectivity index (χ0v) is 36.2. The summed E-state index contributed by atoms with van der Waals surface area (Å²) in [7, 11) is 0. The molecule has 1 saturated heterocycles. The zero-order valence-electron chi connectivity index (χ0n) is 36.2. The summed E-state index contributed by atoms with van der Waals surface area (Å²) in [5.41, 5.74) is 3.71. The van der Waals surface area contributed by atoms with Crippen LogP contribution in [0.4, 0.5) is 0 Å². The van der Waals surface area contributed by atoms with Gasteiger partial charge in [0, 0.05) is 10.8 Å². The molecule has 1 N–H and O–H groups in total. The van der Waals surface area contributed by atoms with E-state index in [1.165, 1.54) is 22.3 Å². The standard InChI is InChI=1S/C49H64O11/c1-36(59-44-19-11-40(12-20-44)47(3,4)38-7-15-42(16-8-38)56-33-46-34-57-46)54-31-29-52-27-25-51-26-28-53-30-32-55-37(2)60-45-21-13-41(14-22-45)48(5,6)39-9-17-43(18-10-39)58-35-49(50)23-24-49/h7-22,36-37,46,50H,23-35H2,1-6H3. The van der Waals surface area contributed by atoms with E-state index in [1.807, 2.05) is 62.4 Å². The monoisotopic (exact) mass is 828 g/mol. The number of hydrogen-bond donors (Lipinski definition) is 1. The number of ether oxygens (including phenoxy) is 10. The molecular formula is C49H64O11. The molecule has 4 aromatic carbocycles. The van der Waals surface area contributed by atoms with Gasteiger partial charge in [-0.25, -0.2) is 0 Å². The molecule has 1 aliphatic heterocycles. The lowest BCUT2D eigenvalue weighted by molar-refractivity contribution is -0.0902. The van der Waals surface area contributed by atoms with E-state index >= 15 is 0 Å². The van der Waals surface area contributed by atoms with E-state index in [4.69, 9.17) is 47.4 Å². The Labute approximate surface area is 356 Å². The predicted octanol–water partition coefficient (Wildman–Crippen LogP) is 8.25. The van der Waals surface area contributed by atoms with Crippen molar-refractivity contribution in [2.75, 3.05) is 72.7 Å². The number of aliphatic hydroxyl groups is 1. The number of rotatable bonds is 28. The van der Waals surface area contributed by atoms with E-state index in [-0.39, 0.29) is 16.9 Å². The average molecular weight is 829 g/mol. The Kier molecular flexibility index (Phi) is 16.3. The first-order chi connectivity index (χ1) is 28.9. The molecule has 2 aliphatic rings. The van der Waals surface area contributed by atoms with Crippen LogP contribution in [0.1, 0.15) is 76.6 Å². The molecule has 6 rings (SSSR count). The van der Waals surface area contributed by atoms with Gasteiger partial charge in [0.15, 0.2) is 12.6 Å². The summed E-state index contributed by atoms with van der Waals surface area (Å²) < 4.78 is 57.2. The van der Waals surface area contributed by atoms with E-state index in [0.717, 1.165) is 42.4 Å². The fourth-order valence-corrected chi connectivity index (χ4v) is 6.57. The largest absolute Gasteiger partial charge is 0.491 e. The fraction of sp³-hybridized carbons (Fsp3) is 0.510. The molecule has 11 nitrogen and oxygen atoms in total. The number of hydrogen-bond acceptors (Lipinski definition) is 11. The van der Waals surface area contributed by atoms with Gasteiger partial charge in [-0.05, 0) is 97.5 Å². The SMILES string of the molecule is CC(OCCOCCOCCOCCOC(C)Oc1ccc(C(C)(C)c2ccc(OCC3(O)CC3)cc2)cc1)Oc1ccc(C(C)(C)c2ccc(OCC3CO3)cc2)cc1. The van der Waals surface area contributed by atoms with Crippen molar-refractivity contribution in [1.29, 1.82) is 0 Å². The Morgan fingerprint density at radius 3 is 1.22 bits per heavy atom. The van der Waals surface area contributed by atoms with Crippen LogP contribution in [0.2, 0.25) is 0 Å². The van der Waals surface area contributed by atoms with Crippen LogP contribution in [0.15, 0.2) is 97.1 Å². The maximum absolute atomic E-state index is 10.0. The minimum absolute atomic E-state index is 0.180. The summed E-state index contributed by atoms with van der Waals surface area (Å²) in [6, 6.07) is 32.7. The first kappa shape index (κ1) is 45.3. The molecule has 326 valence electrons. The van der Waals surface area contributed by atoms with E-state index in [0.29, 0.717) is 66.1 Å². The number of benzene rings is 4. The molecule has 1 saturated carbocycles. The maximum Gasteiger partial charge on any atom is 0.197 e. The van der Waals surface area contributed by atoms with E-state index in [9.17, 15) is 5.11 Å². The molecule has 11 heteroatoms. The highest BCUT2D eigenvalue weighted by Crippen LogP contribution is 2.37. The van der Waals surface area contributed by atoms with Gasteiger partial charge in [0.05, 0.1) is 65.1 Å². The Bertz CT molecular complexity index is 1830. The van der Waals surface area contributed by atoms with E-state index in [1.54, 1.807) is 0 Å². The van der Waals surface area contributed by atoms with Crippen molar-refractivity contribution in [2.24, 2.45) is 0 Å². The van der Waals surface area contributed by atoms with Gasteiger partial charge in [0.2, 0.25) is 0 Å². The third kappa shape index (κ3) is 14.2. The van der Waals surface area contributed by atoms with Crippen molar-refractivity contribution >= 4 is 0 Å². The minimum atomic E-state index is -0.631. The molecule has 4 aromatic rings. The Hall–Kier alpha value is -4.20. The van der Waals surface area contributed by atoms with Gasteiger partial charge in [0.25, 0.3) is 0 Å². The molecule has 0 bridgehead atoms. The second-order valence-corrected chi connectivity index (χ2v) is 16.6. The predicted molar refractivity (Wildman–Crippen MR) is 229 cm³/mol. The molecule has 0 spiro atoms. The lowest BCUT2D eigenvalue weighted by Crippen LogP contribution is -2.21. The summed E-state index contributed by atoms with van der Waals surface area (Å²) >= 11 is 0. The summed E-state index contributed by atoms with van der Waals surface area (Å²) in [6.07, 6.45) is 1.03. The molecule has 0 amide bonds. The average Bonchev–Trinajstić information content (AvgIpc) is 4.20. The van der Waals surface area contributed by atoms with E-state index < -0.39 is 18.2 Å². The highest BCUT2D eigenvalue weighted by Gasteiger charge is 2.41. The summed E-state index contributed by atoms with van der Waals surface area (Å²) in [6.45, 7) is 17.9. The van der Waals surface area contributed by atoms with Crippen molar-refractivity contribution < 1.29 is 52.5 Å². The van der Waals surface area contributed by atoms with Gasteiger partial charge >= 0.3 is 0 Å². The van der Waals surface area contributed by atoms with E-state index in [2.05, 4.69) is 76.2 Å². The first-order valence-electron chi connectivity index (χ1n) is 21.2. The Morgan fingerprint density at radius 1 is 0.533 bits per heavy atom. The Morgan fingerprint density at radius 2 is 0.867 bits per heavy atom. The van der Waals surface area contributed by atoms with Crippen LogP contribution in [-0.4, -0.2) is 102 Å². The van der Waals surface area contributed by atoms with Crippen molar-refractivity contribution in [3.63, 3.8) is 0 Å². The van der Waals surface area contributed by atoms with Crippen LogP contribution in [0.25, 0.3) is 0 Å². The van der Waals surface area contributed by atoms with Crippen molar-refractivity contribution in [3.05, 3.63) is 119 Å². The molecule has 0 aromatic heterocycles. The molecule has 1 aliphatic carbocycles. The van der Waals surface area contributed by atoms with Gasteiger partial charge in [0.1, 0.15) is 42.3 Å². The zero-order chi connectivity index (χ0) is 42.4. The maximum atomic E-state index is 10.0. The van der Waals surface area contributed by atoms with Crippen molar-refractivity contribution in [1.82, 2.24) is 0 Å². The molecule has 1 heterocycles. The van der Waals surface area contributed by atoms with Crippen LogP contribution >= 0.6 is 0 Å². The van der Waals surface area contributed by atoms with Crippen LogP contribution in [0.3, 0.4) is 0 Å². The van der Waals surface area contributed by atoms with Crippen molar-refractivity contribution in [2.45, 2.75) is 89.5 Å². The summed E-state index contributed by atoms with van der Waals surface area (Å²) in [5.74, 6) is 3.11. The lowest BCUT2D eigenvalue weighted by atomic mass is 9.78. The van der Waals surface area contributed by atoms with Crippen LogP contribution < -0.4 is 18.9 Å². The third-order valence-electron chi connectivity index (χ3n) is 11.0. The van der Waals surface area contributed by atoms with Gasteiger partial charge in [-0.15, -0.1) is 0 Å². The van der Waals surface area contributed by atoms with Gasteiger partial charge in [-0.1, -0.05) is 76.2 Å². The highest BCUT2D eigenvalue weighted by molar-refractivity contribution is 5.43. The topological polar surface area (TPSA) is 116 Å². The second-order valence-electron chi connectivity index (χ2n) is 16.6. The van der Waals surface area contributed by atoms with Gasteiger partial charge in [-0.2, -0.15) is 0 Å². The molecule has 60 heavy (non-hydrogen) atoms. The molecule has 0 radical (unpaired) electrons. The quantitative estimate of drug-likeness (QED) is 0.0339. The van der Waals surface area contributed by atoms with Crippen molar-refractivity contribution in [3.8, 4) is 23.0 Å². The minimum Gasteiger partial charge on any atom is -0.491 e. The second kappa shape index (κ2) is 21.5. The third-order valence-corrected chi connectivity index (χ3v) is 11.0. The summed E-state index contributed by atoms with van der Waals surface area (Å²) in [4.78, 5) is 0. The molecule has 2 fully saturated rings. The number of epoxide rings is 1. The van der Waals surface area contributed by atoms with Crippen LogP contribution in [0, 0.1) is 0 Å². The fourth-order valence-electron chi connectivity index (χ4n) is 6.57. The van der Waals surface area contributed by atoms with Gasteiger partial charge in [-0.3, -0.25) is 0 Å². The Balaban J connectivity index is 0.747. The van der Waals surface area contributed by atoms with Crippen LogP contribution in [-0.2, 0) is 39.3 Å². The normalized spacial score (nSPS) is 16.8. The highest BCUT2D eigenvalue weighted by atomic mass is 16.7.